The molecule has 0 unspecified atom stereocenters. The highest BCUT2D eigenvalue weighted by atomic mass is 16.5. The summed E-state index contributed by atoms with van der Waals surface area (Å²) in [6.07, 6.45) is 5.69. The fourth-order valence-corrected chi connectivity index (χ4v) is 6.75. The van der Waals surface area contributed by atoms with E-state index in [0.717, 1.165) is 0 Å². The second-order valence-corrected chi connectivity index (χ2v) is 16.4. The van der Waals surface area contributed by atoms with Gasteiger partial charge in [0, 0.05) is 69.7 Å². The zero-order valence-corrected chi connectivity index (χ0v) is 36.8. The number of guanidine groups is 1. The molecule has 0 saturated carbocycles. The molecule has 0 saturated heterocycles. The fraction of sp³-hybridized carbons (Fsp3) is 0.756. The van der Waals surface area contributed by atoms with Crippen molar-refractivity contribution in [2.75, 3.05) is 39.5 Å². The van der Waals surface area contributed by atoms with E-state index in [1.165, 1.54) is 6.92 Å². The molecule has 20 nitrogen and oxygen atoms in total. The molecule has 0 aliphatic carbocycles. The van der Waals surface area contributed by atoms with Crippen LogP contribution in [0.4, 0.5) is 0 Å². The van der Waals surface area contributed by atoms with Gasteiger partial charge in [-0.05, 0) is 50.5 Å². The Labute approximate surface area is 360 Å². The Morgan fingerprint density at radius 1 is 0.820 bits per heavy atom. The quantitative estimate of drug-likeness (QED) is 0.0329. The number of aliphatic carboxylic acids is 1. The van der Waals surface area contributed by atoms with E-state index < -0.39 is 65.8 Å². The SMILES string of the molecule is CC(=O)N[C@@H](CCCN=C(N)N)CC(=O)N[C@H]1COC/C=C/COC[C@@H](CC(=O)N[C@@H](CC(=O)O)CC(C)C)NC(=O)C[C@H](CCCCN)NC(=O)C[C@H](C(C)C)NC(=O)C1. The number of hydrogen-bond acceptors (Lipinski definition) is 11. The van der Waals surface area contributed by atoms with Crippen LogP contribution in [0.2, 0.25) is 0 Å². The number of carboxylic acid groups (broad SMARTS) is 1. The molecule has 13 N–H and O–H groups in total. The van der Waals surface area contributed by atoms with Crippen molar-refractivity contribution in [3.63, 3.8) is 0 Å². The molecule has 0 fully saturated rings. The normalized spacial score (nSPS) is 21.7. The summed E-state index contributed by atoms with van der Waals surface area (Å²) in [5, 5.41) is 26.6. The number of carboxylic acids is 1. The van der Waals surface area contributed by atoms with Crippen molar-refractivity contribution in [1.82, 2.24) is 31.9 Å². The molecule has 20 heteroatoms. The second-order valence-electron chi connectivity index (χ2n) is 16.4. The van der Waals surface area contributed by atoms with Gasteiger partial charge in [-0.2, -0.15) is 0 Å². The average molecular weight is 867 g/mol. The molecule has 0 bridgehead atoms. The smallest absolute Gasteiger partial charge is 0.305 e. The molecule has 1 aliphatic rings. The number of carbonyl (C=O) groups is 7. The summed E-state index contributed by atoms with van der Waals surface area (Å²) in [7, 11) is 0. The molecule has 0 aromatic heterocycles. The number of nitrogens with one attached hydrogen (secondary N) is 6. The molecule has 0 radical (unpaired) electrons. The molecule has 0 spiro atoms. The Bertz CT molecular complexity index is 1440. The first-order valence-corrected chi connectivity index (χ1v) is 21.4. The van der Waals surface area contributed by atoms with Crippen LogP contribution in [0.25, 0.3) is 0 Å². The number of hydrogen-bond donors (Lipinski definition) is 10. The zero-order valence-electron chi connectivity index (χ0n) is 36.8. The van der Waals surface area contributed by atoms with Crippen molar-refractivity contribution < 1.29 is 48.1 Å². The highest BCUT2D eigenvalue weighted by molar-refractivity contribution is 5.84. The summed E-state index contributed by atoms with van der Waals surface area (Å²) in [6, 6.07) is -3.81. The third-order valence-corrected chi connectivity index (χ3v) is 9.57. The van der Waals surface area contributed by atoms with Crippen LogP contribution in [0, 0.1) is 11.8 Å². The summed E-state index contributed by atoms with van der Waals surface area (Å²) in [5.74, 6) is -3.52. The van der Waals surface area contributed by atoms with Gasteiger partial charge in [0.1, 0.15) is 0 Å². The van der Waals surface area contributed by atoms with E-state index in [1.54, 1.807) is 12.2 Å². The number of nitrogens with two attached hydrogens (primary N) is 3. The maximum atomic E-state index is 13.5. The van der Waals surface area contributed by atoms with Gasteiger partial charge in [-0.1, -0.05) is 46.3 Å². The minimum absolute atomic E-state index is 0.0418. The van der Waals surface area contributed by atoms with Crippen LogP contribution in [-0.4, -0.2) is 128 Å². The van der Waals surface area contributed by atoms with Gasteiger partial charge in [0.25, 0.3) is 0 Å². The highest BCUT2D eigenvalue weighted by Crippen LogP contribution is 2.13. The Kier molecular flexibility index (Phi) is 27.6. The molecule has 0 aromatic carbocycles. The third kappa shape index (κ3) is 28.4. The topological polar surface area (TPSA) is 321 Å². The minimum Gasteiger partial charge on any atom is -0.481 e. The number of aliphatic imine (C=N–C) groups is 1. The number of rotatable bonds is 20. The van der Waals surface area contributed by atoms with Gasteiger partial charge < -0.3 is 63.7 Å². The van der Waals surface area contributed by atoms with E-state index in [9.17, 15) is 38.7 Å². The van der Waals surface area contributed by atoms with Gasteiger partial charge in [0.2, 0.25) is 35.4 Å². The van der Waals surface area contributed by atoms with E-state index in [1.807, 2.05) is 27.7 Å². The largest absolute Gasteiger partial charge is 0.481 e. The van der Waals surface area contributed by atoms with Gasteiger partial charge in [-0.3, -0.25) is 38.6 Å². The lowest BCUT2D eigenvalue weighted by molar-refractivity contribution is -0.138. The summed E-state index contributed by atoms with van der Waals surface area (Å²) < 4.78 is 11.6. The van der Waals surface area contributed by atoms with Crippen LogP contribution >= 0.6 is 0 Å². The summed E-state index contributed by atoms with van der Waals surface area (Å²) in [6.45, 7) is 9.79. The Morgan fingerprint density at radius 2 is 1.46 bits per heavy atom. The van der Waals surface area contributed by atoms with Crippen LogP contribution < -0.4 is 49.1 Å². The number of nitrogens with zero attached hydrogens (tertiary/aromatic N) is 1. The van der Waals surface area contributed by atoms with E-state index in [-0.39, 0.29) is 94.6 Å². The first kappa shape index (κ1) is 54.2. The van der Waals surface area contributed by atoms with Crippen molar-refractivity contribution in [2.24, 2.45) is 34.0 Å². The van der Waals surface area contributed by atoms with E-state index in [4.69, 9.17) is 26.7 Å². The molecule has 61 heavy (non-hydrogen) atoms. The van der Waals surface area contributed by atoms with Crippen molar-refractivity contribution in [2.45, 2.75) is 148 Å². The number of ether oxygens (including phenoxy) is 2. The predicted molar refractivity (Wildman–Crippen MR) is 230 cm³/mol. The Balaban J connectivity index is 3.29. The predicted octanol–water partition coefficient (Wildman–Crippen LogP) is -0.172. The van der Waals surface area contributed by atoms with Gasteiger partial charge >= 0.3 is 5.97 Å². The summed E-state index contributed by atoms with van der Waals surface area (Å²) >= 11 is 0. The standard InChI is InChI=1S/C41H74N10O10/c1-26(2)17-31(22-40(58)59)48-37(55)20-32-24-60-15-8-9-16-61-25-33(50-35(53)18-29(46-28(5)52)12-10-14-45-41(43)44)21-38(56)51-34(27(3)4)23-39(57)47-30(11-6-7-13-42)19-36(54)49-32/h8-9,26-27,29-34H,6-7,10-25,42H2,1-5H3,(H,46,52)(H,47,57)(H,48,55)(H,49,54)(H,50,53)(H,51,56)(H,58,59)(H4,43,44,45)/b9-8+/t29-,30-,31+,32+,33+,34+/m0/s1. The van der Waals surface area contributed by atoms with Gasteiger partial charge in [0.15, 0.2) is 5.96 Å². The molecular formula is C41H74N10O10. The molecule has 1 rings (SSSR count). The Hall–Kier alpha value is -4.82. The van der Waals surface area contributed by atoms with Gasteiger partial charge in [0.05, 0.1) is 44.9 Å². The van der Waals surface area contributed by atoms with Crippen LogP contribution in [0.15, 0.2) is 17.1 Å². The monoisotopic (exact) mass is 867 g/mol. The van der Waals surface area contributed by atoms with Crippen LogP contribution in [-0.2, 0) is 43.0 Å². The molecule has 1 aliphatic heterocycles. The van der Waals surface area contributed by atoms with E-state index in [2.05, 4.69) is 36.9 Å². The van der Waals surface area contributed by atoms with Crippen molar-refractivity contribution >= 4 is 47.4 Å². The molecular weight excluding hydrogens is 793 g/mol. The maximum Gasteiger partial charge on any atom is 0.305 e. The zero-order chi connectivity index (χ0) is 45.7. The molecule has 0 aromatic rings. The van der Waals surface area contributed by atoms with Crippen LogP contribution in [0.5, 0.6) is 0 Å². The highest BCUT2D eigenvalue weighted by Gasteiger charge is 2.27. The summed E-state index contributed by atoms with van der Waals surface area (Å²) in [5.41, 5.74) is 16.5. The summed E-state index contributed by atoms with van der Waals surface area (Å²) in [4.78, 5) is 94.1. The minimum atomic E-state index is -1.04. The first-order valence-electron chi connectivity index (χ1n) is 21.4. The van der Waals surface area contributed by atoms with Gasteiger partial charge in [-0.25, -0.2) is 0 Å². The van der Waals surface area contributed by atoms with E-state index >= 15 is 0 Å². The maximum absolute atomic E-state index is 13.5. The second kappa shape index (κ2) is 31.1. The van der Waals surface area contributed by atoms with Crippen LogP contribution in [0.3, 0.4) is 0 Å². The van der Waals surface area contributed by atoms with Crippen molar-refractivity contribution in [1.29, 1.82) is 0 Å². The Morgan fingerprint density at radius 3 is 2.07 bits per heavy atom. The molecule has 6 amide bonds. The average Bonchev–Trinajstić information content (AvgIpc) is 3.12. The number of carbonyl (C=O) groups excluding carboxylic acids is 6. The van der Waals surface area contributed by atoms with Gasteiger partial charge in [-0.15, -0.1) is 0 Å². The fourth-order valence-electron chi connectivity index (χ4n) is 6.75. The first-order chi connectivity index (χ1) is 28.9. The third-order valence-electron chi connectivity index (χ3n) is 9.57. The number of unbranched alkanes of at least 4 members (excludes halogenated alkanes) is 1. The molecule has 348 valence electrons. The molecule has 6 atom stereocenters. The van der Waals surface area contributed by atoms with Crippen molar-refractivity contribution in [3.05, 3.63) is 12.2 Å². The lowest BCUT2D eigenvalue weighted by atomic mass is 9.99. The van der Waals surface area contributed by atoms with Crippen LogP contribution in [0.1, 0.15) is 112 Å². The lowest BCUT2D eigenvalue weighted by Gasteiger charge is -2.26. The number of amides is 6. The van der Waals surface area contributed by atoms with Crippen molar-refractivity contribution in [3.8, 4) is 0 Å². The molecule has 1 heterocycles. The van der Waals surface area contributed by atoms with E-state index in [0.29, 0.717) is 51.6 Å². The lowest BCUT2D eigenvalue weighted by Crippen LogP contribution is -2.49.